The van der Waals surface area contributed by atoms with E-state index in [1.165, 1.54) is 0 Å². The largest absolute Gasteiger partial charge is 0.349 e. The van der Waals surface area contributed by atoms with Gasteiger partial charge in [0.15, 0.2) is 10.6 Å². The molecular formula is C16H17ClN4OS. The van der Waals surface area contributed by atoms with E-state index in [9.17, 15) is 4.79 Å². The lowest BCUT2D eigenvalue weighted by atomic mass is 10.1. The third kappa shape index (κ3) is 2.93. The van der Waals surface area contributed by atoms with Gasteiger partial charge in [-0.05, 0) is 49.0 Å². The van der Waals surface area contributed by atoms with E-state index in [0.29, 0.717) is 17.4 Å². The minimum Gasteiger partial charge on any atom is -0.349 e. The van der Waals surface area contributed by atoms with Crippen molar-refractivity contribution in [3.8, 4) is 0 Å². The number of nitrogens with one attached hydrogen (secondary N) is 2. The number of H-pyrrole nitrogens is 1. The third-order valence-corrected chi connectivity index (χ3v) is 5.17. The van der Waals surface area contributed by atoms with E-state index < -0.39 is 0 Å². The molecule has 2 aliphatic rings. The first kappa shape index (κ1) is 14.9. The normalized spacial score (nSPS) is 22.8. The van der Waals surface area contributed by atoms with Crippen molar-refractivity contribution in [3.05, 3.63) is 45.4 Å². The Labute approximate surface area is 144 Å². The molecule has 1 aromatic heterocycles. The molecule has 0 radical (unpaired) electrons. The van der Waals surface area contributed by atoms with Gasteiger partial charge in [-0.1, -0.05) is 29.8 Å². The Morgan fingerprint density at radius 3 is 2.96 bits per heavy atom. The summed E-state index contributed by atoms with van der Waals surface area (Å²) in [7, 11) is 0. The van der Waals surface area contributed by atoms with Crippen LogP contribution in [-0.4, -0.2) is 20.7 Å². The zero-order chi connectivity index (χ0) is 16.0. The van der Waals surface area contributed by atoms with Gasteiger partial charge in [0.1, 0.15) is 0 Å². The fraction of sp³-hybridized carbons (Fsp3) is 0.438. The molecule has 2 saturated carbocycles. The molecular weight excluding hydrogens is 332 g/mol. The Morgan fingerprint density at radius 1 is 1.43 bits per heavy atom. The van der Waals surface area contributed by atoms with Crippen LogP contribution >= 0.6 is 23.8 Å². The zero-order valence-corrected chi connectivity index (χ0v) is 14.0. The van der Waals surface area contributed by atoms with Gasteiger partial charge in [-0.25, -0.2) is 0 Å². The van der Waals surface area contributed by atoms with Crippen LogP contribution in [0.15, 0.2) is 24.3 Å². The molecule has 2 N–H and O–H groups in total. The van der Waals surface area contributed by atoms with Crippen LogP contribution in [0, 0.1) is 10.7 Å². The second-order valence-corrected chi connectivity index (χ2v) is 7.03. The number of hydrogen-bond acceptors (Lipinski definition) is 3. The van der Waals surface area contributed by atoms with Crippen LogP contribution in [0.2, 0.25) is 5.02 Å². The highest BCUT2D eigenvalue weighted by atomic mass is 35.5. The monoisotopic (exact) mass is 348 g/mol. The molecule has 4 rings (SSSR count). The van der Waals surface area contributed by atoms with Crippen LogP contribution in [0.4, 0.5) is 0 Å². The summed E-state index contributed by atoms with van der Waals surface area (Å²) in [5, 5.41) is 10.8. The average molecular weight is 349 g/mol. The molecule has 7 heteroatoms. The van der Waals surface area contributed by atoms with Crippen molar-refractivity contribution in [2.24, 2.45) is 5.92 Å². The second kappa shape index (κ2) is 5.76. The zero-order valence-electron chi connectivity index (χ0n) is 12.5. The van der Waals surface area contributed by atoms with Crippen LogP contribution in [0.3, 0.4) is 0 Å². The van der Waals surface area contributed by atoms with Gasteiger partial charge in [-0.2, -0.15) is 5.10 Å². The Balaban J connectivity index is 1.39. The van der Waals surface area contributed by atoms with E-state index in [0.717, 1.165) is 35.7 Å². The topological polar surface area (TPSA) is 62.7 Å². The van der Waals surface area contributed by atoms with Gasteiger partial charge in [-0.3, -0.25) is 14.5 Å². The highest BCUT2D eigenvalue weighted by Crippen LogP contribution is 2.49. The van der Waals surface area contributed by atoms with Gasteiger partial charge in [0.05, 0.1) is 6.54 Å². The average Bonchev–Trinajstić information content (AvgIpc) is 3.45. The van der Waals surface area contributed by atoms with Crippen LogP contribution in [0.25, 0.3) is 0 Å². The van der Waals surface area contributed by atoms with Gasteiger partial charge in [0.2, 0.25) is 5.91 Å². The molecule has 1 aromatic carbocycles. The van der Waals surface area contributed by atoms with E-state index >= 15 is 0 Å². The quantitative estimate of drug-likeness (QED) is 0.814. The van der Waals surface area contributed by atoms with E-state index in [-0.39, 0.29) is 17.7 Å². The number of aromatic nitrogens is 3. The number of aromatic amines is 1. The van der Waals surface area contributed by atoms with E-state index in [2.05, 4.69) is 15.5 Å². The summed E-state index contributed by atoms with van der Waals surface area (Å²) in [6, 6.07) is 8.19. The molecule has 120 valence electrons. The molecule has 0 spiro atoms. The molecule has 0 aliphatic heterocycles. The first-order valence-corrected chi connectivity index (χ1v) is 8.61. The SMILES string of the molecule is O=C(NCc1n[nH]c(=S)n1C1CC1)C1CC1c1ccccc1Cl. The number of nitrogens with zero attached hydrogens (tertiary/aromatic N) is 2. The van der Waals surface area contributed by atoms with Crippen molar-refractivity contribution in [1.82, 2.24) is 20.1 Å². The van der Waals surface area contributed by atoms with Crippen molar-refractivity contribution in [1.29, 1.82) is 0 Å². The number of amides is 1. The maximum Gasteiger partial charge on any atom is 0.224 e. The molecule has 0 bridgehead atoms. The molecule has 1 amide bonds. The molecule has 5 nitrogen and oxygen atoms in total. The van der Waals surface area contributed by atoms with Gasteiger partial charge >= 0.3 is 0 Å². The molecule has 23 heavy (non-hydrogen) atoms. The van der Waals surface area contributed by atoms with Gasteiger partial charge in [0.25, 0.3) is 0 Å². The van der Waals surface area contributed by atoms with Crippen LogP contribution in [-0.2, 0) is 11.3 Å². The molecule has 1 heterocycles. The molecule has 0 saturated heterocycles. The number of rotatable bonds is 5. The standard InChI is InChI=1S/C16H17ClN4OS/c17-13-4-2-1-3-10(13)11-7-12(11)15(22)18-8-14-19-20-16(23)21(14)9-5-6-9/h1-4,9,11-12H,5-8H2,(H,18,22)(H,20,23). The predicted octanol–water partition coefficient (Wildman–Crippen LogP) is 3.35. The van der Waals surface area contributed by atoms with Gasteiger partial charge < -0.3 is 5.32 Å². The van der Waals surface area contributed by atoms with E-state index in [4.69, 9.17) is 23.8 Å². The summed E-state index contributed by atoms with van der Waals surface area (Å²) < 4.78 is 2.66. The van der Waals surface area contributed by atoms with E-state index in [1.54, 1.807) is 0 Å². The molecule has 2 unspecified atom stereocenters. The number of hydrogen-bond donors (Lipinski definition) is 2. The Bertz CT molecular complexity index is 810. The lowest BCUT2D eigenvalue weighted by Crippen LogP contribution is -2.26. The third-order valence-electron chi connectivity index (χ3n) is 4.54. The summed E-state index contributed by atoms with van der Waals surface area (Å²) in [5.74, 6) is 1.10. The minimum atomic E-state index is 0.00573. The number of carbonyl (C=O) groups excluding carboxylic acids is 1. The summed E-state index contributed by atoms with van der Waals surface area (Å²) >= 11 is 11.5. The second-order valence-electron chi connectivity index (χ2n) is 6.23. The van der Waals surface area contributed by atoms with Crippen LogP contribution in [0.5, 0.6) is 0 Å². The first-order chi connectivity index (χ1) is 11.1. The van der Waals surface area contributed by atoms with Crippen LogP contribution < -0.4 is 5.32 Å². The summed E-state index contributed by atoms with van der Waals surface area (Å²) in [6.45, 7) is 0.411. The fourth-order valence-corrected chi connectivity index (χ4v) is 3.65. The van der Waals surface area contributed by atoms with Crippen LogP contribution in [0.1, 0.15) is 42.6 Å². The van der Waals surface area contributed by atoms with Crippen molar-refractivity contribution in [2.75, 3.05) is 0 Å². The fourth-order valence-electron chi connectivity index (χ4n) is 3.07. The lowest BCUT2D eigenvalue weighted by Gasteiger charge is -2.07. The molecule has 2 fully saturated rings. The smallest absolute Gasteiger partial charge is 0.224 e. The number of halogens is 1. The Morgan fingerprint density at radius 2 is 2.22 bits per heavy atom. The molecule has 2 aliphatic carbocycles. The van der Waals surface area contributed by atoms with Gasteiger partial charge in [-0.15, -0.1) is 0 Å². The Hall–Kier alpha value is -1.66. The van der Waals surface area contributed by atoms with Crippen molar-refractivity contribution < 1.29 is 4.79 Å². The molecule has 2 aromatic rings. The predicted molar refractivity (Wildman–Crippen MR) is 89.8 cm³/mol. The first-order valence-electron chi connectivity index (χ1n) is 7.83. The van der Waals surface area contributed by atoms with Crippen molar-refractivity contribution >= 4 is 29.7 Å². The minimum absolute atomic E-state index is 0.00573. The maximum absolute atomic E-state index is 12.3. The summed E-state index contributed by atoms with van der Waals surface area (Å²) in [6.07, 6.45) is 3.11. The molecule has 2 atom stereocenters. The lowest BCUT2D eigenvalue weighted by molar-refractivity contribution is -0.122. The summed E-state index contributed by atoms with van der Waals surface area (Å²) in [5.41, 5.74) is 1.06. The van der Waals surface area contributed by atoms with Crippen molar-refractivity contribution in [3.63, 3.8) is 0 Å². The highest BCUT2D eigenvalue weighted by Gasteiger charge is 2.44. The summed E-state index contributed by atoms with van der Waals surface area (Å²) in [4.78, 5) is 12.3. The highest BCUT2D eigenvalue weighted by molar-refractivity contribution is 7.71. The number of benzene rings is 1. The van der Waals surface area contributed by atoms with Gasteiger partial charge in [0, 0.05) is 17.0 Å². The maximum atomic E-state index is 12.3. The van der Waals surface area contributed by atoms with E-state index in [1.807, 2.05) is 28.8 Å². The Kier molecular flexibility index (Phi) is 3.73. The van der Waals surface area contributed by atoms with Crippen molar-refractivity contribution in [2.45, 2.75) is 37.8 Å². The number of carbonyl (C=O) groups is 1.